The number of hydrogen-bond donors (Lipinski definition) is 3. The Balaban J connectivity index is 3.48. The van der Waals surface area contributed by atoms with Gasteiger partial charge in [0.2, 0.25) is 5.91 Å². The van der Waals surface area contributed by atoms with Crippen LogP contribution in [0.3, 0.4) is 0 Å². The highest BCUT2D eigenvalue weighted by atomic mass is 16.5. The molecule has 0 aromatic carbocycles. The van der Waals surface area contributed by atoms with E-state index < -0.39 is 12.1 Å². The molecule has 0 aliphatic carbocycles. The molecule has 0 aromatic heterocycles. The summed E-state index contributed by atoms with van der Waals surface area (Å²) in [6, 6.07) is -0.562. The highest BCUT2D eigenvalue weighted by Gasteiger charge is 2.20. The summed E-state index contributed by atoms with van der Waals surface area (Å²) in [5.41, 5.74) is 0. The second-order valence-electron chi connectivity index (χ2n) is 20.0. The normalized spacial score (nSPS) is 12.7. The Bertz CT molecular complexity index is 1010. The number of hydrogen-bond acceptors (Lipinski definition) is 5. The second kappa shape index (κ2) is 54.9. The minimum absolute atomic E-state index is 0.0150. The number of aliphatic hydroxyl groups is 2. The van der Waals surface area contributed by atoms with Crippen molar-refractivity contribution in [1.29, 1.82) is 0 Å². The second-order valence-corrected chi connectivity index (χ2v) is 20.0. The van der Waals surface area contributed by atoms with Gasteiger partial charge in [-0.15, -0.1) is 0 Å². The number of unbranched alkanes of at least 4 members (excludes halogenated alkanes) is 39. The Morgan fingerprint density at radius 3 is 1.11 bits per heavy atom. The summed E-state index contributed by atoms with van der Waals surface area (Å²) in [6.07, 6.45) is 65.9. The van der Waals surface area contributed by atoms with Crippen molar-refractivity contribution in [2.24, 2.45) is 0 Å². The average Bonchev–Trinajstić information content (AvgIpc) is 3.31. The van der Waals surface area contributed by atoms with Crippen LogP contribution in [-0.2, 0) is 14.3 Å². The first kappa shape index (κ1) is 63.3. The Morgan fingerprint density at radius 2 is 0.723 bits per heavy atom. The number of ether oxygens (including phenoxy) is 1. The predicted molar refractivity (Wildman–Crippen MR) is 283 cm³/mol. The van der Waals surface area contributed by atoms with E-state index in [2.05, 4.69) is 43.5 Å². The lowest BCUT2D eigenvalue weighted by atomic mass is 10.0. The molecule has 0 saturated carbocycles. The summed E-state index contributed by atoms with van der Waals surface area (Å²) in [6.45, 7) is 4.92. The first-order chi connectivity index (χ1) is 32.0. The molecule has 0 fully saturated rings. The molecule has 65 heavy (non-hydrogen) atoms. The van der Waals surface area contributed by atoms with Crippen LogP contribution in [0.1, 0.15) is 316 Å². The summed E-state index contributed by atoms with van der Waals surface area (Å²) < 4.78 is 5.47. The van der Waals surface area contributed by atoms with E-state index in [1.54, 1.807) is 0 Å². The zero-order valence-corrected chi connectivity index (χ0v) is 43.7. The Morgan fingerprint density at radius 1 is 0.415 bits per heavy atom. The van der Waals surface area contributed by atoms with E-state index in [0.717, 1.165) is 70.6 Å². The molecule has 0 saturated heterocycles. The third kappa shape index (κ3) is 51.6. The Labute approximate surface area is 405 Å². The van der Waals surface area contributed by atoms with E-state index in [9.17, 15) is 19.8 Å². The Hall–Kier alpha value is -1.66. The fourth-order valence-electron chi connectivity index (χ4n) is 8.98. The van der Waals surface area contributed by atoms with Gasteiger partial charge < -0.3 is 20.3 Å². The van der Waals surface area contributed by atoms with Gasteiger partial charge in [0.25, 0.3) is 0 Å². The SMILES string of the molecule is CCCCCCCCC/C=C\CCCCCCCCCC(=O)OCCCCCCCC/C=C\CCCCCC(=O)NC(CO)C(O)CCCCCCCCCCCCCCCCCCC. The van der Waals surface area contributed by atoms with Gasteiger partial charge in [0.1, 0.15) is 0 Å². The molecule has 1 amide bonds. The number of aliphatic hydroxyl groups excluding tert-OH is 2. The molecular weight excluding hydrogens is 803 g/mol. The maximum Gasteiger partial charge on any atom is 0.305 e. The summed E-state index contributed by atoms with van der Waals surface area (Å²) in [5, 5.41) is 23.3. The van der Waals surface area contributed by atoms with Gasteiger partial charge in [-0.3, -0.25) is 9.59 Å². The van der Waals surface area contributed by atoms with Gasteiger partial charge in [-0.1, -0.05) is 250 Å². The summed E-state index contributed by atoms with van der Waals surface area (Å²) in [5.74, 6) is -0.0782. The van der Waals surface area contributed by atoms with Crippen LogP contribution in [-0.4, -0.2) is 47.4 Å². The molecule has 3 N–H and O–H groups in total. The van der Waals surface area contributed by atoms with Crippen LogP contribution in [0.5, 0.6) is 0 Å². The van der Waals surface area contributed by atoms with Crippen molar-refractivity contribution in [2.45, 2.75) is 328 Å². The number of rotatable bonds is 54. The zero-order valence-electron chi connectivity index (χ0n) is 43.7. The fraction of sp³-hybridized carbons (Fsp3) is 0.898. The third-order valence-corrected chi connectivity index (χ3v) is 13.5. The molecule has 2 atom stereocenters. The quantitative estimate of drug-likeness (QED) is 0.0321. The van der Waals surface area contributed by atoms with Gasteiger partial charge in [-0.2, -0.15) is 0 Å². The molecule has 0 bridgehead atoms. The number of carbonyl (C=O) groups is 2. The van der Waals surface area contributed by atoms with Crippen molar-refractivity contribution < 1.29 is 24.5 Å². The number of amides is 1. The standard InChI is InChI=1S/C59H113NO5/c1-3-5-7-9-11-13-15-17-19-21-23-25-29-33-37-41-45-49-53-59(64)65-54-50-46-42-38-34-30-26-28-32-36-40-44-48-52-58(63)60-56(55-61)57(62)51-47-43-39-35-31-27-24-22-20-18-16-14-12-10-8-6-4-2/h19,21,28,32,56-57,61-62H,3-18,20,22-27,29-31,33-55H2,1-2H3,(H,60,63)/b21-19-,32-28-. The van der Waals surface area contributed by atoms with Crippen LogP contribution in [0, 0.1) is 0 Å². The zero-order chi connectivity index (χ0) is 47.2. The highest BCUT2D eigenvalue weighted by molar-refractivity contribution is 5.76. The lowest BCUT2D eigenvalue weighted by Gasteiger charge is -2.22. The molecule has 0 spiro atoms. The molecule has 0 aromatic rings. The van der Waals surface area contributed by atoms with Crippen LogP contribution in [0.25, 0.3) is 0 Å². The molecule has 6 nitrogen and oxygen atoms in total. The van der Waals surface area contributed by atoms with Crippen molar-refractivity contribution in [2.75, 3.05) is 13.2 Å². The molecule has 0 rings (SSSR count). The van der Waals surface area contributed by atoms with Gasteiger partial charge in [0, 0.05) is 12.8 Å². The van der Waals surface area contributed by atoms with Crippen LogP contribution >= 0.6 is 0 Å². The number of carbonyl (C=O) groups excluding carboxylic acids is 2. The third-order valence-electron chi connectivity index (χ3n) is 13.5. The maximum atomic E-state index is 12.5. The first-order valence-corrected chi connectivity index (χ1v) is 29.1. The lowest BCUT2D eigenvalue weighted by Crippen LogP contribution is -2.45. The topological polar surface area (TPSA) is 95.9 Å². The van der Waals surface area contributed by atoms with Crippen LogP contribution in [0.2, 0.25) is 0 Å². The number of allylic oxidation sites excluding steroid dienone is 4. The largest absolute Gasteiger partial charge is 0.466 e. The first-order valence-electron chi connectivity index (χ1n) is 29.1. The molecule has 0 radical (unpaired) electrons. The minimum Gasteiger partial charge on any atom is -0.466 e. The molecule has 6 heteroatoms. The molecule has 0 aliphatic rings. The summed E-state index contributed by atoms with van der Waals surface area (Å²) in [7, 11) is 0. The van der Waals surface area contributed by atoms with Gasteiger partial charge >= 0.3 is 5.97 Å². The average molecular weight is 917 g/mol. The maximum absolute atomic E-state index is 12.5. The van der Waals surface area contributed by atoms with E-state index in [1.165, 1.54) is 212 Å². The Kier molecular flexibility index (Phi) is 53.5. The van der Waals surface area contributed by atoms with E-state index in [-0.39, 0.29) is 18.5 Å². The smallest absolute Gasteiger partial charge is 0.305 e. The van der Waals surface area contributed by atoms with E-state index >= 15 is 0 Å². The molecule has 0 heterocycles. The van der Waals surface area contributed by atoms with Crippen LogP contribution in [0.15, 0.2) is 24.3 Å². The number of esters is 1. The van der Waals surface area contributed by atoms with Crippen molar-refractivity contribution in [1.82, 2.24) is 5.32 Å². The van der Waals surface area contributed by atoms with Crippen molar-refractivity contribution >= 4 is 11.9 Å². The lowest BCUT2D eigenvalue weighted by molar-refractivity contribution is -0.143. The molecule has 2 unspecified atom stereocenters. The van der Waals surface area contributed by atoms with Gasteiger partial charge in [-0.05, 0) is 77.0 Å². The summed E-state index contributed by atoms with van der Waals surface area (Å²) in [4.78, 5) is 24.5. The van der Waals surface area contributed by atoms with E-state index in [1.807, 2.05) is 0 Å². The van der Waals surface area contributed by atoms with Gasteiger partial charge in [-0.25, -0.2) is 0 Å². The summed E-state index contributed by atoms with van der Waals surface area (Å²) >= 11 is 0. The predicted octanol–water partition coefficient (Wildman–Crippen LogP) is 17.9. The fourth-order valence-corrected chi connectivity index (χ4v) is 8.98. The molecule has 0 aliphatic heterocycles. The number of nitrogens with one attached hydrogen (secondary N) is 1. The van der Waals surface area contributed by atoms with E-state index in [4.69, 9.17) is 4.74 Å². The minimum atomic E-state index is -0.682. The highest BCUT2D eigenvalue weighted by Crippen LogP contribution is 2.17. The van der Waals surface area contributed by atoms with Crippen molar-refractivity contribution in [3.8, 4) is 0 Å². The van der Waals surface area contributed by atoms with Crippen molar-refractivity contribution in [3.63, 3.8) is 0 Å². The molecule has 384 valence electrons. The van der Waals surface area contributed by atoms with E-state index in [0.29, 0.717) is 25.9 Å². The van der Waals surface area contributed by atoms with Crippen LogP contribution in [0.4, 0.5) is 0 Å². The molecular formula is C59H113NO5. The van der Waals surface area contributed by atoms with Crippen molar-refractivity contribution in [3.05, 3.63) is 24.3 Å². The monoisotopic (exact) mass is 916 g/mol. The van der Waals surface area contributed by atoms with Gasteiger partial charge in [0.05, 0.1) is 25.4 Å². The van der Waals surface area contributed by atoms with Gasteiger partial charge in [0.15, 0.2) is 0 Å². The van der Waals surface area contributed by atoms with Crippen LogP contribution < -0.4 is 5.32 Å².